The fourth-order valence-electron chi connectivity index (χ4n) is 3.83. The molecule has 0 bridgehead atoms. The maximum absolute atomic E-state index is 11.2. The molecular formula is C24H25O13+. The van der Waals surface area contributed by atoms with Gasteiger partial charge >= 0.3 is 17.3 Å². The second kappa shape index (κ2) is 10.1. The number of esters is 1. The standard InChI is InChI=1S/C24H24O13/c1-9(25)34-8-18-20(30)21(31)22(32)24(37-18)36-17-7-12-13(27)5-11(26)6-15(12)35-23(17)10-3-14(28)19(29)16(4-10)33-2/h3-7,18,20-22,24,30-32H,8H2,1-2H3,(H3-,26,27,28,29)/p+1/t18-,20-,21+,22-,24-/m1/s1. The van der Waals surface area contributed by atoms with E-state index in [4.69, 9.17) is 23.4 Å². The number of aromatic hydroxyl groups is 4. The molecule has 0 spiro atoms. The van der Waals surface area contributed by atoms with Crippen LogP contribution < -0.4 is 9.47 Å². The number of phenolic OH excluding ortho intramolecular Hbond substituents is 4. The number of hydrogen-bond acceptors (Lipinski definition) is 12. The molecule has 2 heterocycles. The van der Waals surface area contributed by atoms with Crippen LogP contribution in [-0.4, -0.2) is 86.1 Å². The summed E-state index contributed by atoms with van der Waals surface area (Å²) in [5.41, 5.74) is 0.105. The first-order valence-corrected chi connectivity index (χ1v) is 10.9. The summed E-state index contributed by atoms with van der Waals surface area (Å²) in [6, 6.07) is 5.97. The van der Waals surface area contributed by atoms with Gasteiger partial charge in [-0.15, -0.1) is 0 Å². The number of phenols is 4. The van der Waals surface area contributed by atoms with E-state index in [1.807, 2.05) is 0 Å². The van der Waals surface area contributed by atoms with Crippen LogP contribution in [0, 0.1) is 0 Å². The summed E-state index contributed by atoms with van der Waals surface area (Å²) in [6.07, 6.45) is -8.03. The SMILES string of the molecule is COc1cc(-c2[o+]c3cc(O)cc(O)c3cc2O[C@@H]2O[C@H](COC(C)=O)[C@@H](O)[C@H](O)[C@H]2O)cc(O)c1O. The van der Waals surface area contributed by atoms with Crippen LogP contribution in [0.25, 0.3) is 22.3 Å². The monoisotopic (exact) mass is 521 g/mol. The van der Waals surface area contributed by atoms with E-state index in [-0.39, 0.29) is 45.3 Å². The van der Waals surface area contributed by atoms with Crippen LogP contribution in [-0.2, 0) is 14.3 Å². The van der Waals surface area contributed by atoms with Gasteiger partial charge in [-0.1, -0.05) is 0 Å². The zero-order valence-electron chi connectivity index (χ0n) is 19.6. The number of methoxy groups -OCH3 is 1. The van der Waals surface area contributed by atoms with Crippen LogP contribution >= 0.6 is 0 Å². The van der Waals surface area contributed by atoms with Crippen molar-refractivity contribution in [1.82, 2.24) is 0 Å². The quantitative estimate of drug-likeness (QED) is 0.137. The van der Waals surface area contributed by atoms with Gasteiger partial charge in [0.1, 0.15) is 47.9 Å². The third kappa shape index (κ3) is 5.11. The highest BCUT2D eigenvalue weighted by Crippen LogP contribution is 2.45. The first kappa shape index (κ1) is 26.0. The summed E-state index contributed by atoms with van der Waals surface area (Å²) < 4.78 is 27.1. The first-order valence-electron chi connectivity index (χ1n) is 10.9. The van der Waals surface area contributed by atoms with E-state index in [2.05, 4.69) is 0 Å². The minimum atomic E-state index is -1.77. The third-order valence-electron chi connectivity index (χ3n) is 5.72. The molecule has 0 amide bonds. The van der Waals surface area contributed by atoms with E-state index in [9.17, 15) is 40.5 Å². The number of ether oxygens (including phenoxy) is 4. The van der Waals surface area contributed by atoms with Gasteiger partial charge in [0.25, 0.3) is 0 Å². The van der Waals surface area contributed by atoms with Gasteiger partial charge in [-0.25, -0.2) is 4.42 Å². The lowest BCUT2D eigenvalue weighted by Gasteiger charge is -2.39. The Hall–Kier alpha value is -4.04. The third-order valence-corrected chi connectivity index (χ3v) is 5.72. The zero-order chi connectivity index (χ0) is 27.0. The Kier molecular flexibility index (Phi) is 7.14. The molecule has 1 fully saturated rings. The number of benzene rings is 2. The number of fused-ring (bicyclic) bond motifs is 1. The van der Waals surface area contributed by atoms with Gasteiger partial charge in [-0.05, 0) is 0 Å². The van der Waals surface area contributed by atoms with Crippen LogP contribution in [0.3, 0.4) is 0 Å². The molecule has 3 aromatic rings. The van der Waals surface area contributed by atoms with Crippen molar-refractivity contribution in [2.45, 2.75) is 37.6 Å². The molecule has 5 atom stereocenters. The van der Waals surface area contributed by atoms with E-state index in [1.54, 1.807) is 0 Å². The van der Waals surface area contributed by atoms with E-state index >= 15 is 0 Å². The minimum Gasteiger partial charge on any atom is -0.507 e. The second-order valence-electron chi connectivity index (χ2n) is 8.30. The molecule has 37 heavy (non-hydrogen) atoms. The van der Waals surface area contributed by atoms with Crippen molar-refractivity contribution >= 4 is 16.9 Å². The van der Waals surface area contributed by atoms with Crippen molar-refractivity contribution in [1.29, 1.82) is 0 Å². The van der Waals surface area contributed by atoms with Gasteiger partial charge in [0.05, 0.1) is 18.7 Å². The highest BCUT2D eigenvalue weighted by atomic mass is 16.7. The largest absolute Gasteiger partial charge is 0.507 e. The van der Waals surface area contributed by atoms with E-state index < -0.39 is 54.8 Å². The van der Waals surface area contributed by atoms with E-state index in [0.29, 0.717) is 0 Å². The number of carbonyl (C=O) groups excluding carboxylic acids is 1. The molecule has 13 nitrogen and oxygen atoms in total. The maximum atomic E-state index is 11.2. The molecule has 1 aliphatic heterocycles. The predicted octanol–water partition coefficient (Wildman–Crippen LogP) is 0.961. The maximum Gasteiger partial charge on any atom is 0.402 e. The van der Waals surface area contributed by atoms with Crippen molar-refractivity contribution in [2.24, 2.45) is 0 Å². The fraction of sp³-hybridized carbons (Fsp3) is 0.333. The molecule has 1 aliphatic rings. The smallest absolute Gasteiger partial charge is 0.402 e. The van der Waals surface area contributed by atoms with Gasteiger partial charge in [0.15, 0.2) is 11.5 Å². The minimum absolute atomic E-state index is 0.000292. The molecule has 0 aliphatic carbocycles. The van der Waals surface area contributed by atoms with Crippen molar-refractivity contribution in [3.8, 4) is 45.8 Å². The summed E-state index contributed by atoms with van der Waals surface area (Å²) in [5.74, 6) is -2.89. The van der Waals surface area contributed by atoms with Crippen LogP contribution in [0.4, 0.5) is 0 Å². The molecule has 7 N–H and O–H groups in total. The number of rotatable bonds is 6. The average Bonchev–Trinajstić information content (AvgIpc) is 2.85. The molecule has 1 saturated heterocycles. The Bertz CT molecular complexity index is 1320. The topological polar surface area (TPSA) is 207 Å². The number of carbonyl (C=O) groups is 1. The Morgan fingerprint density at radius 1 is 0.946 bits per heavy atom. The summed E-state index contributed by atoms with van der Waals surface area (Å²) in [6.45, 7) is 0.696. The van der Waals surface area contributed by atoms with Crippen molar-refractivity contribution < 1.29 is 63.9 Å². The molecule has 0 unspecified atom stereocenters. The van der Waals surface area contributed by atoms with Gasteiger partial charge in [-0.3, -0.25) is 4.79 Å². The Balaban J connectivity index is 1.82. The van der Waals surface area contributed by atoms with Gasteiger partial charge < -0.3 is 54.7 Å². The lowest BCUT2D eigenvalue weighted by Crippen LogP contribution is -2.60. The van der Waals surface area contributed by atoms with Crippen LogP contribution in [0.15, 0.2) is 34.7 Å². The summed E-state index contributed by atoms with van der Waals surface area (Å²) in [7, 11) is 1.26. The van der Waals surface area contributed by atoms with Crippen molar-refractivity contribution in [2.75, 3.05) is 13.7 Å². The average molecular weight is 521 g/mol. The molecule has 2 aromatic carbocycles. The van der Waals surface area contributed by atoms with Gasteiger partial charge in [0, 0.05) is 31.2 Å². The molecule has 1 aromatic heterocycles. The van der Waals surface area contributed by atoms with Crippen LogP contribution in [0.2, 0.25) is 0 Å². The highest BCUT2D eigenvalue weighted by molar-refractivity contribution is 5.88. The normalized spacial score (nSPS) is 23.5. The second-order valence-corrected chi connectivity index (χ2v) is 8.30. The summed E-state index contributed by atoms with van der Waals surface area (Å²) in [4.78, 5) is 11.2. The number of aliphatic hydroxyl groups excluding tert-OH is 3. The Morgan fingerprint density at radius 3 is 2.35 bits per heavy atom. The summed E-state index contributed by atoms with van der Waals surface area (Å²) >= 11 is 0. The predicted molar refractivity (Wildman–Crippen MR) is 123 cm³/mol. The van der Waals surface area contributed by atoms with Crippen molar-refractivity contribution in [3.05, 3.63) is 30.3 Å². The lowest BCUT2D eigenvalue weighted by molar-refractivity contribution is -0.278. The highest BCUT2D eigenvalue weighted by Gasteiger charge is 2.46. The zero-order valence-corrected chi connectivity index (χ0v) is 19.6. The van der Waals surface area contributed by atoms with Crippen LogP contribution in [0.5, 0.6) is 34.5 Å². The Labute approximate surface area is 208 Å². The van der Waals surface area contributed by atoms with Gasteiger partial charge in [0.2, 0.25) is 17.8 Å². The lowest BCUT2D eigenvalue weighted by atomic mass is 9.99. The van der Waals surface area contributed by atoms with Gasteiger partial charge in [-0.2, -0.15) is 0 Å². The van der Waals surface area contributed by atoms with Crippen molar-refractivity contribution in [3.63, 3.8) is 0 Å². The number of hydrogen-bond donors (Lipinski definition) is 7. The first-order chi connectivity index (χ1) is 17.5. The van der Waals surface area contributed by atoms with Crippen LogP contribution in [0.1, 0.15) is 6.92 Å². The molecule has 198 valence electrons. The Morgan fingerprint density at radius 2 is 1.68 bits per heavy atom. The number of aliphatic hydroxyl groups is 3. The molecule has 4 rings (SSSR count). The fourth-order valence-corrected chi connectivity index (χ4v) is 3.83. The van der Waals surface area contributed by atoms with E-state index in [1.165, 1.54) is 25.3 Å². The molecular weight excluding hydrogens is 496 g/mol. The molecule has 0 radical (unpaired) electrons. The summed E-state index contributed by atoms with van der Waals surface area (Å²) in [5, 5.41) is 71.6. The molecule has 0 saturated carbocycles. The molecule has 13 heteroatoms. The van der Waals surface area contributed by atoms with E-state index in [0.717, 1.165) is 19.1 Å².